The molecule has 3 nitrogen and oxygen atoms in total. The SMILES string of the molecule is CC(=O)Cn1ccc2cc(Cl)cnc21. The van der Waals surface area contributed by atoms with Crippen molar-refractivity contribution in [3.63, 3.8) is 0 Å². The third-order valence-corrected chi connectivity index (χ3v) is 2.17. The van der Waals surface area contributed by atoms with E-state index in [0.717, 1.165) is 11.0 Å². The minimum absolute atomic E-state index is 0.110. The van der Waals surface area contributed by atoms with E-state index in [4.69, 9.17) is 11.6 Å². The molecule has 2 rings (SSSR count). The predicted octanol–water partition coefficient (Wildman–Crippen LogP) is 2.28. The number of rotatable bonds is 2. The largest absolute Gasteiger partial charge is 0.325 e. The molecular weight excluding hydrogens is 200 g/mol. The van der Waals surface area contributed by atoms with Gasteiger partial charge in [-0.15, -0.1) is 0 Å². The molecule has 0 unspecified atom stereocenters. The van der Waals surface area contributed by atoms with Crippen molar-refractivity contribution in [1.29, 1.82) is 0 Å². The van der Waals surface area contributed by atoms with Crippen molar-refractivity contribution in [3.8, 4) is 0 Å². The van der Waals surface area contributed by atoms with Gasteiger partial charge in [0.25, 0.3) is 0 Å². The molecule has 0 spiro atoms. The Bertz CT molecular complexity index is 490. The Morgan fingerprint density at radius 2 is 2.43 bits per heavy atom. The normalized spacial score (nSPS) is 10.7. The molecule has 0 saturated carbocycles. The van der Waals surface area contributed by atoms with Crippen LogP contribution in [0.25, 0.3) is 11.0 Å². The molecule has 0 saturated heterocycles. The first kappa shape index (κ1) is 9.21. The molecule has 0 bridgehead atoms. The maximum Gasteiger partial charge on any atom is 0.149 e. The van der Waals surface area contributed by atoms with E-state index in [9.17, 15) is 4.79 Å². The molecule has 0 aromatic carbocycles. The molecule has 0 atom stereocenters. The summed E-state index contributed by atoms with van der Waals surface area (Å²) in [6, 6.07) is 3.73. The van der Waals surface area contributed by atoms with Gasteiger partial charge in [-0.25, -0.2) is 4.98 Å². The van der Waals surface area contributed by atoms with Gasteiger partial charge in [0, 0.05) is 17.8 Å². The molecule has 2 aromatic rings. The summed E-state index contributed by atoms with van der Waals surface area (Å²) in [5.41, 5.74) is 0.796. The zero-order chi connectivity index (χ0) is 10.1. The second-order valence-electron chi connectivity index (χ2n) is 3.21. The molecule has 0 fully saturated rings. The topological polar surface area (TPSA) is 34.9 Å². The van der Waals surface area contributed by atoms with E-state index in [-0.39, 0.29) is 5.78 Å². The van der Waals surface area contributed by atoms with Crippen LogP contribution in [0.1, 0.15) is 6.92 Å². The van der Waals surface area contributed by atoms with Crippen molar-refractivity contribution in [1.82, 2.24) is 9.55 Å². The average Bonchev–Trinajstić information content (AvgIpc) is 2.47. The Morgan fingerprint density at radius 3 is 3.14 bits per heavy atom. The molecule has 0 aliphatic carbocycles. The summed E-state index contributed by atoms with van der Waals surface area (Å²) >= 11 is 5.79. The smallest absolute Gasteiger partial charge is 0.149 e. The van der Waals surface area contributed by atoms with E-state index >= 15 is 0 Å². The van der Waals surface area contributed by atoms with Crippen LogP contribution >= 0.6 is 11.6 Å². The highest BCUT2D eigenvalue weighted by Crippen LogP contribution is 2.17. The van der Waals surface area contributed by atoms with Crippen molar-refractivity contribution in [2.45, 2.75) is 13.5 Å². The minimum Gasteiger partial charge on any atom is -0.325 e. The number of carbonyl (C=O) groups excluding carboxylic acids is 1. The summed E-state index contributed by atoms with van der Waals surface area (Å²) in [6.07, 6.45) is 3.43. The second kappa shape index (κ2) is 3.42. The van der Waals surface area contributed by atoms with Gasteiger partial charge in [-0.2, -0.15) is 0 Å². The highest BCUT2D eigenvalue weighted by molar-refractivity contribution is 6.31. The number of hydrogen-bond donors (Lipinski definition) is 0. The van der Waals surface area contributed by atoms with E-state index in [1.165, 1.54) is 0 Å². The molecule has 0 amide bonds. The lowest BCUT2D eigenvalue weighted by molar-refractivity contribution is -0.117. The lowest BCUT2D eigenvalue weighted by Gasteiger charge is -2.00. The van der Waals surface area contributed by atoms with E-state index in [1.807, 2.05) is 22.9 Å². The summed E-state index contributed by atoms with van der Waals surface area (Å²) in [5.74, 6) is 0.110. The maximum atomic E-state index is 10.9. The Balaban J connectivity index is 2.52. The summed E-state index contributed by atoms with van der Waals surface area (Å²) in [6.45, 7) is 1.92. The number of carbonyl (C=O) groups is 1. The van der Waals surface area contributed by atoms with Crippen molar-refractivity contribution in [2.24, 2.45) is 0 Å². The Kier molecular flexibility index (Phi) is 2.25. The Labute approximate surface area is 86.3 Å². The highest BCUT2D eigenvalue weighted by Gasteiger charge is 2.04. The van der Waals surface area contributed by atoms with E-state index in [0.29, 0.717) is 11.6 Å². The number of hydrogen-bond acceptors (Lipinski definition) is 2. The number of fused-ring (bicyclic) bond motifs is 1. The summed E-state index contributed by atoms with van der Waals surface area (Å²) in [5, 5.41) is 1.57. The van der Waals surface area contributed by atoms with Crippen LogP contribution in [-0.2, 0) is 11.3 Å². The number of halogens is 1. The quantitative estimate of drug-likeness (QED) is 0.759. The van der Waals surface area contributed by atoms with Crippen LogP contribution in [0, 0.1) is 0 Å². The summed E-state index contributed by atoms with van der Waals surface area (Å²) in [4.78, 5) is 15.1. The lowest BCUT2D eigenvalue weighted by Crippen LogP contribution is -2.05. The van der Waals surface area contributed by atoms with Gasteiger partial charge in [0.1, 0.15) is 11.4 Å². The molecule has 4 heteroatoms. The number of aromatic nitrogens is 2. The average molecular weight is 209 g/mol. The fraction of sp³-hybridized carbons (Fsp3) is 0.200. The molecule has 0 aliphatic rings. The number of Topliss-reactive ketones (excluding diaryl/α,β-unsaturated/α-hetero) is 1. The van der Waals surface area contributed by atoms with Gasteiger partial charge in [-0.05, 0) is 19.1 Å². The van der Waals surface area contributed by atoms with Gasteiger partial charge in [-0.3, -0.25) is 4.79 Å². The van der Waals surface area contributed by atoms with Crippen LogP contribution in [0.2, 0.25) is 5.02 Å². The van der Waals surface area contributed by atoms with Gasteiger partial charge >= 0.3 is 0 Å². The zero-order valence-corrected chi connectivity index (χ0v) is 8.45. The first-order valence-corrected chi connectivity index (χ1v) is 4.64. The van der Waals surface area contributed by atoms with E-state index in [2.05, 4.69) is 4.98 Å². The molecule has 0 N–H and O–H groups in total. The maximum absolute atomic E-state index is 10.9. The van der Waals surface area contributed by atoms with Crippen molar-refractivity contribution >= 4 is 28.4 Å². The molecule has 14 heavy (non-hydrogen) atoms. The lowest BCUT2D eigenvalue weighted by atomic mass is 10.3. The van der Waals surface area contributed by atoms with Gasteiger partial charge in [0.05, 0.1) is 11.6 Å². The third kappa shape index (κ3) is 1.63. The van der Waals surface area contributed by atoms with Crippen LogP contribution < -0.4 is 0 Å². The first-order chi connectivity index (χ1) is 6.66. The number of pyridine rings is 1. The fourth-order valence-electron chi connectivity index (χ4n) is 1.42. The highest BCUT2D eigenvalue weighted by atomic mass is 35.5. The minimum atomic E-state index is 0.110. The predicted molar refractivity (Wildman–Crippen MR) is 55.4 cm³/mol. The van der Waals surface area contributed by atoms with Crippen molar-refractivity contribution < 1.29 is 4.79 Å². The molecule has 2 heterocycles. The van der Waals surface area contributed by atoms with Crippen LogP contribution in [0.15, 0.2) is 24.5 Å². The van der Waals surface area contributed by atoms with Gasteiger partial charge in [-0.1, -0.05) is 11.6 Å². The number of ketones is 1. The van der Waals surface area contributed by atoms with Crippen LogP contribution in [-0.4, -0.2) is 15.3 Å². The standard InChI is InChI=1S/C10H9ClN2O/c1-7(14)6-13-3-2-8-4-9(11)5-12-10(8)13/h2-5H,6H2,1H3. The summed E-state index contributed by atoms with van der Waals surface area (Å²) in [7, 11) is 0. The fourth-order valence-corrected chi connectivity index (χ4v) is 1.59. The van der Waals surface area contributed by atoms with E-state index < -0.39 is 0 Å². The van der Waals surface area contributed by atoms with E-state index in [1.54, 1.807) is 13.1 Å². The van der Waals surface area contributed by atoms with Crippen molar-refractivity contribution in [2.75, 3.05) is 0 Å². The van der Waals surface area contributed by atoms with Gasteiger partial charge in [0.2, 0.25) is 0 Å². The Morgan fingerprint density at radius 1 is 1.64 bits per heavy atom. The monoisotopic (exact) mass is 208 g/mol. The summed E-state index contributed by atoms with van der Waals surface area (Å²) < 4.78 is 1.81. The Hall–Kier alpha value is -1.35. The number of nitrogens with zero attached hydrogens (tertiary/aromatic N) is 2. The van der Waals surface area contributed by atoms with Crippen molar-refractivity contribution in [3.05, 3.63) is 29.5 Å². The molecule has 0 aliphatic heterocycles. The second-order valence-corrected chi connectivity index (χ2v) is 3.65. The molecule has 0 radical (unpaired) electrons. The van der Waals surface area contributed by atoms with Crippen LogP contribution in [0.5, 0.6) is 0 Å². The first-order valence-electron chi connectivity index (χ1n) is 4.26. The van der Waals surface area contributed by atoms with Crippen LogP contribution in [0.3, 0.4) is 0 Å². The van der Waals surface area contributed by atoms with Gasteiger partial charge in [0.15, 0.2) is 0 Å². The van der Waals surface area contributed by atoms with Crippen LogP contribution in [0.4, 0.5) is 0 Å². The third-order valence-electron chi connectivity index (χ3n) is 1.96. The van der Waals surface area contributed by atoms with Gasteiger partial charge < -0.3 is 4.57 Å². The zero-order valence-electron chi connectivity index (χ0n) is 7.70. The molecule has 72 valence electrons. The molecular formula is C10H9ClN2O. The molecule has 2 aromatic heterocycles.